The zero-order valence-electron chi connectivity index (χ0n) is 7.77. The molecule has 0 aromatic rings. The summed E-state index contributed by atoms with van der Waals surface area (Å²) in [5.41, 5.74) is -2.21. The highest BCUT2D eigenvalue weighted by Crippen LogP contribution is 2.49. The van der Waals surface area contributed by atoms with E-state index in [9.17, 15) is 21.6 Å². The van der Waals surface area contributed by atoms with E-state index in [1.807, 2.05) is 0 Å². The molecule has 15 heavy (non-hydrogen) atoms. The standard InChI is InChI=1S/C7H11ClF3NO2S/c8-4-1-5-15(13,14)12-6(2-3-6)7(9,10)11/h12H,1-5H2. The summed E-state index contributed by atoms with van der Waals surface area (Å²) in [6.45, 7) is 0. The van der Waals surface area contributed by atoms with Crippen LogP contribution in [0.4, 0.5) is 13.2 Å². The van der Waals surface area contributed by atoms with Crippen molar-refractivity contribution in [1.82, 2.24) is 4.72 Å². The molecule has 1 fully saturated rings. The highest BCUT2D eigenvalue weighted by atomic mass is 35.5. The van der Waals surface area contributed by atoms with Gasteiger partial charge in [-0.25, -0.2) is 8.42 Å². The average molecular weight is 266 g/mol. The predicted octanol–water partition coefficient (Wildman–Crippen LogP) is 1.63. The zero-order valence-corrected chi connectivity index (χ0v) is 9.34. The van der Waals surface area contributed by atoms with Gasteiger partial charge in [0.1, 0.15) is 5.54 Å². The van der Waals surface area contributed by atoms with E-state index in [1.165, 1.54) is 0 Å². The predicted molar refractivity (Wildman–Crippen MR) is 50.3 cm³/mol. The van der Waals surface area contributed by atoms with Crippen LogP contribution in [0, 0.1) is 0 Å². The van der Waals surface area contributed by atoms with Crippen molar-refractivity contribution in [3.8, 4) is 0 Å². The normalized spacial score (nSPS) is 20.3. The number of hydrogen-bond donors (Lipinski definition) is 1. The minimum absolute atomic E-state index is 0.111. The highest BCUT2D eigenvalue weighted by Gasteiger charge is 2.65. The van der Waals surface area contributed by atoms with Crippen molar-refractivity contribution in [3.63, 3.8) is 0 Å². The largest absolute Gasteiger partial charge is 0.407 e. The smallest absolute Gasteiger partial charge is 0.212 e. The van der Waals surface area contributed by atoms with Gasteiger partial charge in [0.2, 0.25) is 10.0 Å². The molecule has 0 saturated heterocycles. The summed E-state index contributed by atoms with van der Waals surface area (Å²) in [7, 11) is -3.88. The Morgan fingerprint density at radius 1 is 1.33 bits per heavy atom. The fourth-order valence-electron chi connectivity index (χ4n) is 1.16. The molecule has 0 aromatic carbocycles. The number of sulfonamides is 1. The molecule has 0 radical (unpaired) electrons. The number of halogens is 4. The Balaban J connectivity index is 2.62. The summed E-state index contributed by atoms with van der Waals surface area (Å²) >= 11 is 5.27. The monoisotopic (exact) mass is 265 g/mol. The first-order chi connectivity index (χ1) is 6.72. The van der Waals surface area contributed by atoms with Gasteiger partial charge in [0, 0.05) is 5.88 Å². The van der Waals surface area contributed by atoms with E-state index in [4.69, 9.17) is 11.6 Å². The average Bonchev–Trinajstić information content (AvgIpc) is 2.80. The van der Waals surface area contributed by atoms with Crippen LogP contribution >= 0.6 is 11.6 Å². The second-order valence-corrected chi connectivity index (χ2v) is 5.76. The first-order valence-corrected chi connectivity index (χ1v) is 6.55. The lowest BCUT2D eigenvalue weighted by molar-refractivity contribution is -0.160. The van der Waals surface area contributed by atoms with E-state index < -0.39 is 21.7 Å². The fraction of sp³-hybridized carbons (Fsp3) is 1.00. The molecule has 8 heteroatoms. The van der Waals surface area contributed by atoms with Crippen LogP contribution in [-0.4, -0.2) is 31.8 Å². The molecule has 0 aromatic heterocycles. The Hall–Kier alpha value is -0.0100. The molecule has 1 N–H and O–H groups in total. The number of nitrogens with one attached hydrogen (secondary N) is 1. The second-order valence-electron chi connectivity index (χ2n) is 3.54. The summed E-state index contributed by atoms with van der Waals surface area (Å²) in [4.78, 5) is 0. The Kier molecular flexibility index (Phi) is 3.57. The first kappa shape index (κ1) is 13.1. The lowest BCUT2D eigenvalue weighted by Gasteiger charge is -2.20. The molecule has 0 heterocycles. The minimum atomic E-state index is -4.51. The molecular formula is C7H11ClF3NO2S. The van der Waals surface area contributed by atoms with Crippen molar-refractivity contribution in [2.24, 2.45) is 0 Å². The maximum absolute atomic E-state index is 12.4. The van der Waals surface area contributed by atoms with Crippen molar-refractivity contribution in [2.45, 2.75) is 31.0 Å². The van der Waals surface area contributed by atoms with Crippen molar-refractivity contribution in [3.05, 3.63) is 0 Å². The molecule has 0 amide bonds. The third-order valence-electron chi connectivity index (χ3n) is 2.19. The highest BCUT2D eigenvalue weighted by molar-refractivity contribution is 7.89. The molecule has 90 valence electrons. The molecular weight excluding hydrogens is 255 g/mol. The Morgan fingerprint density at radius 2 is 1.87 bits per heavy atom. The molecule has 0 unspecified atom stereocenters. The minimum Gasteiger partial charge on any atom is -0.212 e. The van der Waals surface area contributed by atoms with Crippen LogP contribution in [-0.2, 0) is 10.0 Å². The van der Waals surface area contributed by atoms with Gasteiger partial charge >= 0.3 is 6.18 Å². The van der Waals surface area contributed by atoms with Crippen LogP contribution in [0.15, 0.2) is 0 Å². The SMILES string of the molecule is O=S(=O)(CCCCl)NC1(C(F)(F)F)CC1. The molecule has 1 aliphatic carbocycles. The van der Waals surface area contributed by atoms with E-state index in [1.54, 1.807) is 4.72 Å². The van der Waals surface area contributed by atoms with Gasteiger partial charge in [-0.15, -0.1) is 11.6 Å². The lowest BCUT2D eigenvalue weighted by Crippen LogP contribution is -2.48. The third-order valence-corrected chi connectivity index (χ3v) is 3.99. The fourth-order valence-corrected chi connectivity index (χ4v) is 3.00. The van der Waals surface area contributed by atoms with Gasteiger partial charge in [-0.2, -0.15) is 17.9 Å². The summed E-state index contributed by atoms with van der Waals surface area (Å²) in [6.07, 6.45) is -4.74. The van der Waals surface area contributed by atoms with Crippen molar-refractivity contribution in [1.29, 1.82) is 0 Å². The Bertz CT molecular complexity index is 324. The zero-order chi connectivity index (χ0) is 11.7. The van der Waals surface area contributed by atoms with Crippen molar-refractivity contribution in [2.75, 3.05) is 11.6 Å². The summed E-state index contributed by atoms with van der Waals surface area (Å²) in [5, 5.41) is 0. The summed E-state index contributed by atoms with van der Waals surface area (Å²) in [5.74, 6) is -0.256. The van der Waals surface area contributed by atoms with E-state index in [0.29, 0.717) is 0 Å². The van der Waals surface area contributed by atoms with Crippen LogP contribution in [0.5, 0.6) is 0 Å². The van der Waals surface area contributed by atoms with Gasteiger partial charge in [-0.05, 0) is 19.3 Å². The lowest BCUT2D eigenvalue weighted by atomic mass is 10.3. The maximum atomic E-state index is 12.4. The Morgan fingerprint density at radius 3 is 2.20 bits per heavy atom. The molecule has 1 aliphatic rings. The summed E-state index contributed by atoms with van der Waals surface area (Å²) in [6, 6.07) is 0. The molecule has 0 atom stereocenters. The van der Waals surface area contributed by atoms with Crippen LogP contribution < -0.4 is 4.72 Å². The van der Waals surface area contributed by atoms with Gasteiger partial charge in [0.15, 0.2) is 0 Å². The topological polar surface area (TPSA) is 46.2 Å². The van der Waals surface area contributed by atoms with E-state index in [2.05, 4.69) is 0 Å². The molecule has 0 spiro atoms. The van der Waals surface area contributed by atoms with E-state index >= 15 is 0 Å². The number of rotatable bonds is 5. The van der Waals surface area contributed by atoms with Crippen LogP contribution in [0.1, 0.15) is 19.3 Å². The van der Waals surface area contributed by atoms with Crippen molar-refractivity contribution >= 4 is 21.6 Å². The van der Waals surface area contributed by atoms with Crippen LogP contribution in [0.25, 0.3) is 0 Å². The van der Waals surface area contributed by atoms with Crippen LogP contribution in [0.2, 0.25) is 0 Å². The Labute approximate surface area is 91.0 Å². The quantitative estimate of drug-likeness (QED) is 0.768. The molecule has 0 bridgehead atoms. The van der Waals surface area contributed by atoms with Gasteiger partial charge in [-0.3, -0.25) is 0 Å². The molecule has 1 rings (SSSR count). The molecule has 1 saturated carbocycles. The third kappa shape index (κ3) is 3.22. The number of alkyl halides is 4. The second kappa shape index (κ2) is 4.10. The van der Waals surface area contributed by atoms with Gasteiger partial charge in [0.05, 0.1) is 5.75 Å². The maximum Gasteiger partial charge on any atom is 0.407 e. The van der Waals surface area contributed by atoms with Gasteiger partial charge in [0.25, 0.3) is 0 Å². The van der Waals surface area contributed by atoms with Gasteiger partial charge < -0.3 is 0 Å². The van der Waals surface area contributed by atoms with Crippen molar-refractivity contribution < 1.29 is 21.6 Å². The van der Waals surface area contributed by atoms with Crippen LogP contribution in [0.3, 0.4) is 0 Å². The van der Waals surface area contributed by atoms with Gasteiger partial charge in [-0.1, -0.05) is 0 Å². The van der Waals surface area contributed by atoms with E-state index in [-0.39, 0.29) is 30.9 Å². The van der Waals surface area contributed by atoms with E-state index in [0.717, 1.165) is 0 Å². The molecule has 0 aliphatic heterocycles. The molecule has 3 nitrogen and oxygen atoms in total. The summed E-state index contributed by atoms with van der Waals surface area (Å²) < 4.78 is 61.3. The number of hydrogen-bond acceptors (Lipinski definition) is 2. The first-order valence-electron chi connectivity index (χ1n) is 4.37.